The van der Waals surface area contributed by atoms with Gasteiger partial charge < -0.3 is 10.1 Å². The number of anilines is 1. The zero-order valence-corrected chi connectivity index (χ0v) is 22.6. The van der Waals surface area contributed by atoms with Gasteiger partial charge in [0.1, 0.15) is 12.4 Å². The Morgan fingerprint density at radius 2 is 1.47 bits per heavy atom. The summed E-state index contributed by atoms with van der Waals surface area (Å²) in [5.74, 6) is 0.664. The first-order valence-electron chi connectivity index (χ1n) is 12.9. The molecule has 0 atom stereocenters. The SMILES string of the molecule is Cc1cc(C)c2nc(-c3ccc(OCc4ccccc4)cc3)c(C)c(C(=O)Nc3c(C)cccc3C)c2c1. The molecule has 0 saturated carbocycles. The number of pyridine rings is 1. The summed E-state index contributed by atoms with van der Waals surface area (Å²) in [6.07, 6.45) is 0. The van der Waals surface area contributed by atoms with Crippen LogP contribution < -0.4 is 10.1 Å². The minimum absolute atomic E-state index is 0.124. The van der Waals surface area contributed by atoms with Crippen molar-refractivity contribution < 1.29 is 9.53 Å². The molecular weight excluding hydrogens is 468 g/mol. The lowest BCUT2D eigenvalue weighted by molar-refractivity contribution is 0.102. The Hall–Kier alpha value is -4.44. The average molecular weight is 501 g/mol. The molecule has 4 heteroatoms. The van der Waals surface area contributed by atoms with E-state index in [4.69, 9.17) is 9.72 Å². The standard InChI is InChI=1S/C34H32N2O2/c1-21-18-24(4)32-29(19-21)30(34(37)36-31-22(2)10-9-11-23(31)3)25(5)33(35-32)27-14-16-28(17-15-27)38-20-26-12-7-6-8-13-26/h6-19H,20H2,1-5H3,(H,36,37). The molecule has 0 aliphatic rings. The van der Waals surface area contributed by atoms with Gasteiger partial charge in [-0.15, -0.1) is 0 Å². The molecule has 0 unspecified atom stereocenters. The summed E-state index contributed by atoms with van der Waals surface area (Å²) in [5, 5.41) is 4.07. The minimum atomic E-state index is -0.124. The number of hydrogen-bond acceptors (Lipinski definition) is 3. The summed E-state index contributed by atoms with van der Waals surface area (Å²) >= 11 is 0. The van der Waals surface area contributed by atoms with E-state index in [2.05, 4.69) is 31.3 Å². The zero-order valence-electron chi connectivity index (χ0n) is 22.6. The van der Waals surface area contributed by atoms with Crippen LogP contribution in [0.15, 0.2) is 84.9 Å². The van der Waals surface area contributed by atoms with E-state index in [-0.39, 0.29) is 5.91 Å². The number of nitrogens with zero attached hydrogens (tertiary/aromatic N) is 1. The number of carbonyl (C=O) groups is 1. The maximum absolute atomic E-state index is 13.9. The summed E-state index contributed by atoms with van der Waals surface area (Å²) in [7, 11) is 0. The van der Waals surface area contributed by atoms with E-state index in [1.165, 1.54) is 0 Å². The first kappa shape index (κ1) is 25.2. The van der Waals surface area contributed by atoms with Crippen LogP contribution in [0.25, 0.3) is 22.2 Å². The zero-order chi connectivity index (χ0) is 26.8. The quantitative estimate of drug-likeness (QED) is 0.255. The van der Waals surface area contributed by atoms with Gasteiger partial charge in [0, 0.05) is 16.6 Å². The Balaban J connectivity index is 1.55. The number of nitrogens with one attached hydrogen (secondary N) is 1. The molecule has 4 aromatic carbocycles. The van der Waals surface area contributed by atoms with E-state index in [0.717, 1.165) is 67.0 Å². The molecule has 0 aliphatic heterocycles. The molecule has 1 heterocycles. The lowest BCUT2D eigenvalue weighted by Gasteiger charge is -2.18. The average Bonchev–Trinajstić information content (AvgIpc) is 2.90. The van der Waals surface area contributed by atoms with Crippen molar-refractivity contribution >= 4 is 22.5 Å². The van der Waals surface area contributed by atoms with Crippen molar-refractivity contribution in [2.24, 2.45) is 0 Å². The summed E-state index contributed by atoms with van der Waals surface area (Å²) in [6, 6.07) is 28.3. The monoisotopic (exact) mass is 500 g/mol. The third-order valence-electron chi connectivity index (χ3n) is 6.99. The Morgan fingerprint density at radius 1 is 0.789 bits per heavy atom. The topological polar surface area (TPSA) is 51.2 Å². The molecular formula is C34H32N2O2. The largest absolute Gasteiger partial charge is 0.489 e. The van der Waals surface area contributed by atoms with Gasteiger partial charge in [-0.2, -0.15) is 0 Å². The molecule has 0 aliphatic carbocycles. The number of benzene rings is 4. The number of aryl methyl sites for hydroxylation is 4. The van der Waals surface area contributed by atoms with Gasteiger partial charge in [-0.3, -0.25) is 4.79 Å². The number of para-hydroxylation sites is 1. The number of amides is 1. The second-order valence-corrected chi connectivity index (χ2v) is 9.96. The number of ether oxygens (including phenoxy) is 1. The second kappa shape index (κ2) is 10.5. The number of hydrogen-bond donors (Lipinski definition) is 1. The van der Waals surface area contributed by atoms with Crippen LogP contribution in [0.4, 0.5) is 5.69 Å². The molecule has 0 radical (unpaired) electrons. The van der Waals surface area contributed by atoms with Crippen LogP contribution in [0, 0.1) is 34.6 Å². The first-order chi connectivity index (χ1) is 18.3. The number of fused-ring (bicyclic) bond motifs is 1. The van der Waals surface area contributed by atoms with Gasteiger partial charge in [-0.25, -0.2) is 4.98 Å². The number of carbonyl (C=O) groups excluding carboxylic acids is 1. The van der Waals surface area contributed by atoms with Crippen LogP contribution in [0.1, 0.15) is 43.7 Å². The van der Waals surface area contributed by atoms with Gasteiger partial charge in [-0.05, 0) is 92.8 Å². The Bertz CT molecular complexity index is 1620. The fourth-order valence-corrected chi connectivity index (χ4v) is 5.03. The predicted octanol–water partition coefficient (Wildman–Crippen LogP) is 8.28. The highest BCUT2D eigenvalue weighted by atomic mass is 16.5. The van der Waals surface area contributed by atoms with E-state index in [9.17, 15) is 4.79 Å². The smallest absolute Gasteiger partial charge is 0.256 e. The Kier molecular flexibility index (Phi) is 6.97. The summed E-state index contributed by atoms with van der Waals surface area (Å²) < 4.78 is 5.98. The van der Waals surface area contributed by atoms with Crippen LogP contribution in [-0.2, 0) is 6.61 Å². The highest BCUT2D eigenvalue weighted by molar-refractivity contribution is 6.15. The van der Waals surface area contributed by atoms with Crippen molar-refractivity contribution in [2.75, 3.05) is 5.32 Å². The molecule has 4 nitrogen and oxygen atoms in total. The highest BCUT2D eigenvalue weighted by Gasteiger charge is 2.21. The second-order valence-electron chi connectivity index (χ2n) is 9.96. The van der Waals surface area contributed by atoms with Gasteiger partial charge in [0.05, 0.1) is 16.8 Å². The van der Waals surface area contributed by atoms with E-state index in [0.29, 0.717) is 12.2 Å². The summed E-state index contributed by atoms with van der Waals surface area (Å²) in [6.45, 7) is 10.6. The van der Waals surface area contributed by atoms with Crippen molar-refractivity contribution in [3.8, 4) is 17.0 Å². The van der Waals surface area contributed by atoms with Crippen molar-refractivity contribution in [1.29, 1.82) is 0 Å². The lowest BCUT2D eigenvalue weighted by Crippen LogP contribution is -2.17. The first-order valence-corrected chi connectivity index (χ1v) is 12.9. The molecule has 0 spiro atoms. The van der Waals surface area contributed by atoms with Gasteiger partial charge in [-0.1, -0.05) is 60.2 Å². The number of aromatic nitrogens is 1. The van der Waals surface area contributed by atoms with Crippen LogP contribution in [0.3, 0.4) is 0 Å². The fourth-order valence-electron chi connectivity index (χ4n) is 5.03. The molecule has 0 fully saturated rings. The third-order valence-corrected chi connectivity index (χ3v) is 6.99. The molecule has 1 amide bonds. The Morgan fingerprint density at radius 3 is 2.16 bits per heavy atom. The van der Waals surface area contributed by atoms with Crippen molar-refractivity contribution in [3.05, 3.63) is 124 Å². The van der Waals surface area contributed by atoms with Crippen molar-refractivity contribution in [2.45, 2.75) is 41.2 Å². The molecule has 5 rings (SSSR count). The van der Waals surface area contributed by atoms with E-state index in [1.54, 1.807) is 0 Å². The fraction of sp³-hybridized carbons (Fsp3) is 0.176. The normalized spacial score (nSPS) is 11.0. The molecule has 0 bridgehead atoms. The summed E-state index contributed by atoms with van der Waals surface area (Å²) in [5.41, 5.74) is 10.3. The van der Waals surface area contributed by atoms with Crippen LogP contribution >= 0.6 is 0 Å². The van der Waals surface area contributed by atoms with Crippen LogP contribution in [0.5, 0.6) is 5.75 Å². The molecule has 5 aromatic rings. The lowest BCUT2D eigenvalue weighted by atomic mass is 9.94. The maximum atomic E-state index is 13.9. The van der Waals surface area contributed by atoms with E-state index in [1.807, 2.05) is 93.6 Å². The van der Waals surface area contributed by atoms with Crippen LogP contribution in [-0.4, -0.2) is 10.9 Å². The summed E-state index contributed by atoms with van der Waals surface area (Å²) in [4.78, 5) is 18.9. The molecule has 190 valence electrons. The molecule has 0 saturated heterocycles. The van der Waals surface area contributed by atoms with Crippen LogP contribution in [0.2, 0.25) is 0 Å². The van der Waals surface area contributed by atoms with Gasteiger partial charge in [0.15, 0.2) is 0 Å². The molecule has 1 aromatic heterocycles. The predicted molar refractivity (Wildman–Crippen MR) is 156 cm³/mol. The van der Waals surface area contributed by atoms with E-state index >= 15 is 0 Å². The van der Waals surface area contributed by atoms with Gasteiger partial charge >= 0.3 is 0 Å². The van der Waals surface area contributed by atoms with Gasteiger partial charge in [0.25, 0.3) is 5.91 Å². The molecule has 38 heavy (non-hydrogen) atoms. The maximum Gasteiger partial charge on any atom is 0.256 e. The minimum Gasteiger partial charge on any atom is -0.489 e. The molecule has 1 N–H and O–H groups in total. The third kappa shape index (κ3) is 5.03. The van der Waals surface area contributed by atoms with Crippen molar-refractivity contribution in [3.63, 3.8) is 0 Å². The van der Waals surface area contributed by atoms with Gasteiger partial charge in [0.2, 0.25) is 0 Å². The van der Waals surface area contributed by atoms with E-state index < -0.39 is 0 Å². The highest BCUT2D eigenvalue weighted by Crippen LogP contribution is 2.33. The number of rotatable bonds is 6. The Labute approximate surface area is 224 Å². The van der Waals surface area contributed by atoms with Crippen molar-refractivity contribution in [1.82, 2.24) is 4.98 Å².